The van der Waals surface area contributed by atoms with Crippen molar-refractivity contribution in [1.29, 1.82) is 0 Å². The van der Waals surface area contributed by atoms with Crippen LogP contribution in [-0.2, 0) is 9.84 Å². The van der Waals surface area contributed by atoms with Crippen LogP contribution in [0.25, 0.3) is 0 Å². The number of benzene rings is 1. The number of hydrogen-bond acceptors (Lipinski definition) is 3. The van der Waals surface area contributed by atoms with E-state index in [-0.39, 0.29) is 17.9 Å². The number of urea groups is 1. The van der Waals surface area contributed by atoms with Crippen LogP contribution in [0.4, 0.5) is 14.9 Å². The summed E-state index contributed by atoms with van der Waals surface area (Å²) in [6.45, 7) is 5.22. The highest BCUT2D eigenvalue weighted by Crippen LogP contribution is 2.16. The van der Waals surface area contributed by atoms with Crippen LogP contribution in [0.1, 0.15) is 25.8 Å². The predicted molar refractivity (Wildman–Crippen MR) is 81.7 cm³/mol. The molecule has 0 heterocycles. The lowest BCUT2D eigenvalue weighted by Crippen LogP contribution is -2.46. The van der Waals surface area contributed by atoms with Crippen LogP contribution in [0, 0.1) is 12.7 Å². The lowest BCUT2D eigenvalue weighted by Gasteiger charge is -2.26. The fourth-order valence-corrected chi connectivity index (χ4v) is 2.58. The fraction of sp³-hybridized carbons (Fsp3) is 0.500. The van der Waals surface area contributed by atoms with E-state index in [4.69, 9.17) is 0 Å². The first-order valence-corrected chi connectivity index (χ1v) is 8.58. The second-order valence-electron chi connectivity index (χ2n) is 5.83. The van der Waals surface area contributed by atoms with Crippen molar-refractivity contribution in [2.75, 3.05) is 17.3 Å². The van der Waals surface area contributed by atoms with Gasteiger partial charge in [-0.1, -0.05) is 6.07 Å². The van der Waals surface area contributed by atoms with Gasteiger partial charge in [-0.3, -0.25) is 0 Å². The monoisotopic (exact) mass is 316 g/mol. The van der Waals surface area contributed by atoms with Crippen LogP contribution in [0.2, 0.25) is 0 Å². The number of carbonyl (C=O) groups is 1. The summed E-state index contributed by atoms with van der Waals surface area (Å²) in [5, 5.41) is 5.07. The molecule has 0 saturated carbocycles. The third kappa shape index (κ3) is 6.57. The number of sulfone groups is 1. The molecule has 21 heavy (non-hydrogen) atoms. The molecule has 0 atom stereocenters. The van der Waals surface area contributed by atoms with Crippen molar-refractivity contribution in [3.63, 3.8) is 0 Å². The van der Waals surface area contributed by atoms with Gasteiger partial charge in [0.05, 0.1) is 11.4 Å². The van der Waals surface area contributed by atoms with Gasteiger partial charge < -0.3 is 10.6 Å². The number of nitrogens with one attached hydrogen (secondary N) is 2. The van der Waals surface area contributed by atoms with Crippen LogP contribution in [0.3, 0.4) is 0 Å². The van der Waals surface area contributed by atoms with Crippen molar-refractivity contribution < 1.29 is 17.6 Å². The Morgan fingerprint density at radius 1 is 1.33 bits per heavy atom. The highest BCUT2D eigenvalue weighted by molar-refractivity contribution is 7.90. The number of carbonyl (C=O) groups excluding carboxylic acids is 1. The highest BCUT2D eigenvalue weighted by Gasteiger charge is 2.22. The molecule has 1 aromatic rings. The molecule has 5 nitrogen and oxygen atoms in total. The Balaban J connectivity index is 2.66. The normalized spacial score (nSPS) is 12.0. The van der Waals surface area contributed by atoms with E-state index in [1.807, 2.05) is 0 Å². The second-order valence-corrected chi connectivity index (χ2v) is 8.09. The third-order valence-electron chi connectivity index (χ3n) is 2.92. The van der Waals surface area contributed by atoms with Gasteiger partial charge in [-0.15, -0.1) is 0 Å². The number of amides is 2. The largest absolute Gasteiger partial charge is 0.333 e. The first-order valence-electron chi connectivity index (χ1n) is 6.51. The number of rotatable bonds is 5. The van der Waals surface area contributed by atoms with Gasteiger partial charge in [-0.2, -0.15) is 0 Å². The molecule has 0 bridgehead atoms. The molecular formula is C14H21FN2O3S. The summed E-state index contributed by atoms with van der Waals surface area (Å²) in [5.74, 6) is -0.552. The minimum Gasteiger partial charge on any atom is -0.333 e. The van der Waals surface area contributed by atoms with Gasteiger partial charge >= 0.3 is 6.03 Å². The topological polar surface area (TPSA) is 75.3 Å². The minimum atomic E-state index is -3.10. The molecule has 0 aromatic heterocycles. The molecule has 0 aliphatic heterocycles. The standard InChI is InChI=1S/C14H21FN2O3S/c1-10-5-6-11(15)12(9-10)16-13(18)17-14(2,3)7-8-21(4,19)20/h5-6,9H,7-8H2,1-4H3,(H2,16,17,18). The number of anilines is 1. The molecule has 0 spiro atoms. The van der Waals surface area contributed by atoms with Gasteiger partial charge in [0.15, 0.2) is 0 Å². The molecular weight excluding hydrogens is 295 g/mol. The Morgan fingerprint density at radius 2 is 1.95 bits per heavy atom. The van der Waals surface area contributed by atoms with Crippen molar-refractivity contribution in [3.8, 4) is 0 Å². The summed E-state index contributed by atoms with van der Waals surface area (Å²) in [6.07, 6.45) is 1.42. The predicted octanol–water partition coefficient (Wildman–Crippen LogP) is 2.47. The maximum atomic E-state index is 13.5. The minimum absolute atomic E-state index is 0.0287. The van der Waals surface area contributed by atoms with Gasteiger partial charge in [-0.25, -0.2) is 17.6 Å². The number of hydrogen-bond donors (Lipinski definition) is 2. The quantitative estimate of drug-likeness (QED) is 0.876. The molecule has 1 aromatic carbocycles. The smallest absolute Gasteiger partial charge is 0.319 e. The Labute approximate surface area is 124 Å². The lowest BCUT2D eigenvalue weighted by molar-refractivity contribution is 0.240. The first kappa shape index (κ1) is 17.4. The number of aryl methyl sites for hydroxylation is 1. The molecule has 0 fully saturated rings. The maximum absolute atomic E-state index is 13.5. The second kappa shape index (κ2) is 6.43. The molecule has 0 saturated heterocycles. The molecule has 118 valence electrons. The summed E-state index contributed by atoms with van der Waals surface area (Å²) in [6, 6.07) is 3.84. The molecule has 0 unspecified atom stereocenters. The zero-order valence-corrected chi connectivity index (χ0v) is 13.5. The molecule has 0 radical (unpaired) electrons. The van der Waals surface area contributed by atoms with Crippen molar-refractivity contribution >= 4 is 21.6 Å². The lowest BCUT2D eigenvalue weighted by atomic mass is 10.0. The van der Waals surface area contributed by atoms with Gasteiger partial charge in [0.25, 0.3) is 0 Å². The molecule has 2 N–H and O–H groups in total. The van der Waals surface area contributed by atoms with Crippen LogP contribution in [0.15, 0.2) is 18.2 Å². The van der Waals surface area contributed by atoms with E-state index in [9.17, 15) is 17.6 Å². The molecule has 2 amide bonds. The van der Waals surface area contributed by atoms with Gasteiger partial charge in [0, 0.05) is 11.8 Å². The summed E-state index contributed by atoms with van der Waals surface area (Å²) >= 11 is 0. The van der Waals surface area contributed by atoms with Crippen molar-refractivity contribution in [2.45, 2.75) is 32.7 Å². The summed E-state index contributed by atoms with van der Waals surface area (Å²) in [7, 11) is -3.10. The van der Waals surface area contributed by atoms with Crippen molar-refractivity contribution in [2.24, 2.45) is 0 Å². The average Bonchev–Trinajstić information content (AvgIpc) is 2.30. The zero-order valence-electron chi connectivity index (χ0n) is 12.7. The van der Waals surface area contributed by atoms with Crippen molar-refractivity contribution in [1.82, 2.24) is 5.32 Å². The highest BCUT2D eigenvalue weighted by atomic mass is 32.2. The molecule has 0 aliphatic rings. The van der Waals surface area contributed by atoms with E-state index in [0.717, 1.165) is 11.8 Å². The van der Waals surface area contributed by atoms with E-state index >= 15 is 0 Å². The van der Waals surface area contributed by atoms with E-state index < -0.39 is 27.2 Å². The van der Waals surface area contributed by atoms with Gasteiger partial charge in [0.1, 0.15) is 15.7 Å². The Hall–Kier alpha value is -1.63. The molecule has 0 aliphatic carbocycles. The van der Waals surface area contributed by atoms with Crippen LogP contribution in [0.5, 0.6) is 0 Å². The van der Waals surface area contributed by atoms with E-state index in [1.54, 1.807) is 26.8 Å². The first-order chi connectivity index (χ1) is 9.48. The maximum Gasteiger partial charge on any atom is 0.319 e. The summed E-state index contributed by atoms with van der Waals surface area (Å²) in [4.78, 5) is 11.9. The Morgan fingerprint density at radius 3 is 2.52 bits per heavy atom. The Bertz CT molecular complexity index is 627. The summed E-state index contributed by atoms with van der Waals surface area (Å²) < 4.78 is 35.9. The van der Waals surface area contributed by atoms with Crippen LogP contribution in [-0.4, -0.2) is 32.0 Å². The van der Waals surface area contributed by atoms with Crippen molar-refractivity contribution in [3.05, 3.63) is 29.6 Å². The average molecular weight is 316 g/mol. The van der Waals surface area contributed by atoms with Crippen LogP contribution < -0.4 is 10.6 Å². The molecule has 1 rings (SSSR count). The van der Waals surface area contributed by atoms with E-state index in [1.165, 1.54) is 12.1 Å². The number of halogens is 1. The molecule has 7 heteroatoms. The Kier molecular flexibility index (Phi) is 5.33. The third-order valence-corrected chi connectivity index (χ3v) is 3.87. The van der Waals surface area contributed by atoms with Crippen LogP contribution >= 0.6 is 0 Å². The SMILES string of the molecule is Cc1ccc(F)c(NC(=O)NC(C)(C)CCS(C)(=O)=O)c1. The van der Waals surface area contributed by atoms with E-state index in [2.05, 4.69) is 10.6 Å². The fourth-order valence-electron chi connectivity index (χ4n) is 1.70. The van der Waals surface area contributed by atoms with Gasteiger partial charge in [-0.05, 0) is 44.9 Å². The van der Waals surface area contributed by atoms with Gasteiger partial charge in [0.2, 0.25) is 0 Å². The van der Waals surface area contributed by atoms with E-state index in [0.29, 0.717) is 0 Å². The summed E-state index contributed by atoms with van der Waals surface area (Å²) in [5.41, 5.74) is 0.197. The zero-order chi connectivity index (χ0) is 16.3.